The molecule has 0 amide bonds. The Bertz CT molecular complexity index is 301. The molecule has 0 aromatic heterocycles. The Morgan fingerprint density at radius 2 is 1.18 bits per heavy atom. The second-order valence-electron chi connectivity index (χ2n) is 4.58. The van der Waals surface area contributed by atoms with Crippen molar-refractivity contribution < 1.29 is 10.2 Å². The maximum absolute atomic E-state index is 8.64. The number of aliphatic hydroxyl groups is 2. The molecular formula is C12H28Cl2N6O2. The van der Waals surface area contributed by atoms with Gasteiger partial charge in [-0.25, -0.2) is 0 Å². The van der Waals surface area contributed by atoms with Crippen molar-refractivity contribution in [2.24, 2.45) is 22.1 Å². The summed E-state index contributed by atoms with van der Waals surface area (Å²) in [6.45, 7) is 5.26. The monoisotopic (exact) mass is 358 g/mol. The van der Waals surface area contributed by atoms with Gasteiger partial charge in [-0.15, -0.1) is 24.8 Å². The summed E-state index contributed by atoms with van der Waals surface area (Å²) in [6.07, 6.45) is 0. The van der Waals surface area contributed by atoms with Crippen molar-refractivity contribution in [1.82, 2.24) is 10.6 Å². The molecule has 6 N–H and O–H groups in total. The number of hydrogen-bond acceptors (Lipinski definition) is 6. The summed E-state index contributed by atoms with van der Waals surface area (Å²) in [5.74, 6) is 0.520. The summed E-state index contributed by atoms with van der Waals surface area (Å²) >= 11 is 0. The molecule has 2 unspecified atom stereocenters. The summed E-state index contributed by atoms with van der Waals surface area (Å²) in [5, 5.41) is 46.2. The molecule has 0 bridgehead atoms. The zero-order valence-electron chi connectivity index (χ0n) is 13.0. The summed E-state index contributed by atoms with van der Waals surface area (Å²) in [7, 11) is 0. The molecule has 2 atom stereocenters. The van der Waals surface area contributed by atoms with Crippen LogP contribution in [0.2, 0.25) is 0 Å². The van der Waals surface area contributed by atoms with Gasteiger partial charge >= 0.3 is 0 Å². The number of amidine groups is 2. The Hall–Kier alpha value is -0.960. The molecule has 0 aromatic rings. The highest BCUT2D eigenvalue weighted by Crippen LogP contribution is 2.00. The molecule has 0 heterocycles. The number of nitrogens with one attached hydrogen (secondary N) is 4. The lowest BCUT2D eigenvalue weighted by Gasteiger charge is -2.13. The van der Waals surface area contributed by atoms with E-state index in [0.29, 0.717) is 37.9 Å². The van der Waals surface area contributed by atoms with Crippen LogP contribution in [-0.2, 0) is 0 Å². The average Bonchev–Trinajstić information content (AvgIpc) is 2.45. The highest BCUT2D eigenvalue weighted by Gasteiger charge is 2.09. The highest BCUT2D eigenvalue weighted by atomic mass is 35.5. The van der Waals surface area contributed by atoms with E-state index in [1.165, 1.54) is 0 Å². The molecule has 8 nitrogen and oxygen atoms in total. The van der Waals surface area contributed by atoms with Crippen LogP contribution in [0.5, 0.6) is 0 Å². The molecule has 22 heavy (non-hydrogen) atoms. The summed E-state index contributed by atoms with van der Waals surface area (Å²) in [4.78, 5) is 0. The van der Waals surface area contributed by atoms with Gasteiger partial charge in [0.05, 0.1) is 38.0 Å². The largest absolute Gasteiger partial charge is 0.395 e. The van der Waals surface area contributed by atoms with E-state index in [4.69, 9.17) is 21.0 Å². The minimum Gasteiger partial charge on any atom is -0.395 e. The van der Waals surface area contributed by atoms with Crippen molar-refractivity contribution in [2.45, 2.75) is 13.8 Å². The summed E-state index contributed by atoms with van der Waals surface area (Å²) in [6, 6.07) is 0. The lowest BCUT2D eigenvalue weighted by molar-refractivity contribution is 0.299. The zero-order valence-corrected chi connectivity index (χ0v) is 14.6. The van der Waals surface area contributed by atoms with E-state index in [1.807, 2.05) is 13.8 Å². The van der Waals surface area contributed by atoms with Crippen LogP contribution in [0.15, 0.2) is 10.2 Å². The Balaban J connectivity index is -0.00000180. The van der Waals surface area contributed by atoms with E-state index in [0.717, 1.165) is 0 Å². The Morgan fingerprint density at radius 3 is 1.45 bits per heavy atom. The van der Waals surface area contributed by atoms with Crippen LogP contribution in [0, 0.1) is 22.7 Å². The van der Waals surface area contributed by atoms with E-state index < -0.39 is 0 Å². The Kier molecular flexibility index (Phi) is 19.4. The first kappa shape index (κ1) is 26.0. The molecule has 10 heteroatoms. The number of rotatable bonds is 10. The van der Waals surface area contributed by atoms with Gasteiger partial charge in [-0.2, -0.15) is 10.2 Å². The minimum absolute atomic E-state index is 0. The van der Waals surface area contributed by atoms with Crippen molar-refractivity contribution in [2.75, 3.05) is 39.4 Å². The number of azo groups is 1. The van der Waals surface area contributed by atoms with E-state index in [9.17, 15) is 0 Å². The quantitative estimate of drug-likeness (QED) is 0.194. The van der Waals surface area contributed by atoms with E-state index in [-0.39, 0.29) is 49.9 Å². The lowest BCUT2D eigenvalue weighted by Crippen LogP contribution is -2.32. The van der Waals surface area contributed by atoms with E-state index in [2.05, 4.69) is 20.9 Å². The second kappa shape index (κ2) is 16.4. The Morgan fingerprint density at radius 1 is 0.864 bits per heavy atom. The van der Waals surface area contributed by atoms with Gasteiger partial charge in [0.25, 0.3) is 0 Å². The first-order valence-electron chi connectivity index (χ1n) is 6.72. The van der Waals surface area contributed by atoms with Crippen molar-refractivity contribution in [3.8, 4) is 0 Å². The van der Waals surface area contributed by atoms with Crippen LogP contribution in [0.3, 0.4) is 0 Å². The van der Waals surface area contributed by atoms with Gasteiger partial charge in [0, 0.05) is 24.9 Å². The van der Waals surface area contributed by atoms with Crippen molar-refractivity contribution >= 4 is 36.5 Å². The van der Waals surface area contributed by atoms with Gasteiger partial charge in [0.15, 0.2) is 0 Å². The van der Waals surface area contributed by atoms with Crippen molar-refractivity contribution in [1.29, 1.82) is 10.8 Å². The minimum atomic E-state index is -0.0763. The van der Waals surface area contributed by atoms with Gasteiger partial charge in [-0.1, -0.05) is 13.8 Å². The second-order valence-corrected chi connectivity index (χ2v) is 4.58. The van der Waals surface area contributed by atoms with E-state index in [1.54, 1.807) is 0 Å². The van der Waals surface area contributed by atoms with Crippen molar-refractivity contribution in [3.63, 3.8) is 0 Å². The van der Waals surface area contributed by atoms with Gasteiger partial charge in [-0.3, -0.25) is 10.8 Å². The molecule has 0 aliphatic rings. The SMILES string of the molecule is CC(CN=NCC(C)C(=N)NCCO)C(=N)NCCO.Cl.Cl. The molecule has 0 saturated heterocycles. The molecule has 0 aromatic carbocycles. The fraction of sp³-hybridized carbons (Fsp3) is 0.833. The molecule has 0 radical (unpaired) electrons. The molecule has 0 aliphatic heterocycles. The zero-order chi connectivity index (χ0) is 15.4. The third-order valence-corrected chi connectivity index (χ3v) is 2.65. The molecule has 132 valence electrons. The predicted octanol–water partition coefficient (Wildman–Crippen LogP) is 0.673. The molecular weight excluding hydrogens is 331 g/mol. The smallest absolute Gasteiger partial charge is 0.0980 e. The van der Waals surface area contributed by atoms with Crippen molar-refractivity contribution in [3.05, 3.63) is 0 Å². The molecule has 0 fully saturated rings. The van der Waals surface area contributed by atoms with Crippen LogP contribution >= 0.6 is 24.8 Å². The van der Waals surface area contributed by atoms with Crippen LogP contribution in [-0.4, -0.2) is 61.3 Å². The maximum atomic E-state index is 8.64. The molecule has 0 aliphatic carbocycles. The number of halogens is 2. The first-order chi connectivity index (χ1) is 9.52. The number of nitrogens with zero attached hydrogens (tertiary/aromatic N) is 2. The molecule has 0 saturated carbocycles. The number of hydrogen-bond donors (Lipinski definition) is 6. The van der Waals surface area contributed by atoms with Crippen LogP contribution in [0.25, 0.3) is 0 Å². The van der Waals surface area contributed by atoms with Gasteiger partial charge in [-0.05, 0) is 0 Å². The number of aliphatic hydroxyl groups excluding tert-OH is 2. The third kappa shape index (κ3) is 12.8. The summed E-state index contributed by atoms with van der Waals surface area (Å²) < 4.78 is 0. The third-order valence-electron chi connectivity index (χ3n) is 2.65. The van der Waals surface area contributed by atoms with Gasteiger partial charge < -0.3 is 20.8 Å². The van der Waals surface area contributed by atoms with Crippen LogP contribution < -0.4 is 10.6 Å². The van der Waals surface area contributed by atoms with Gasteiger partial charge in [0.1, 0.15) is 0 Å². The predicted molar refractivity (Wildman–Crippen MR) is 93.0 cm³/mol. The molecule has 0 spiro atoms. The first-order valence-corrected chi connectivity index (χ1v) is 6.72. The van der Waals surface area contributed by atoms with Gasteiger partial charge in [0.2, 0.25) is 0 Å². The fourth-order valence-electron chi connectivity index (χ4n) is 1.27. The molecule has 0 rings (SSSR count). The highest BCUT2D eigenvalue weighted by molar-refractivity contribution is 5.85. The normalized spacial score (nSPS) is 12.7. The Labute approximate surface area is 144 Å². The standard InChI is InChI=1S/C12H26N6O2.2ClH/c1-9(11(13)15-3-5-19)7-17-18-8-10(2)12(14)16-4-6-20;;/h9-10,19-20H,3-8H2,1-2H3,(H2,13,15)(H2,14,16);2*1H. The average molecular weight is 359 g/mol. The summed E-state index contributed by atoms with van der Waals surface area (Å²) in [5.41, 5.74) is 0. The van der Waals surface area contributed by atoms with E-state index >= 15 is 0 Å². The fourth-order valence-corrected chi connectivity index (χ4v) is 1.27. The lowest BCUT2D eigenvalue weighted by atomic mass is 10.1. The van der Waals surface area contributed by atoms with Crippen LogP contribution in [0.4, 0.5) is 0 Å². The topological polar surface area (TPSA) is 137 Å². The maximum Gasteiger partial charge on any atom is 0.0980 e. The van der Waals surface area contributed by atoms with Crippen LogP contribution in [0.1, 0.15) is 13.8 Å².